The van der Waals surface area contributed by atoms with E-state index >= 15 is 0 Å². The van der Waals surface area contributed by atoms with Crippen LogP contribution in [0.2, 0.25) is 5.02 Å². The largest absolute Gasteiger partial charge is 0.489 e. The van der Waals surface area contributed by atoms with E-state index in [4.69, 9.17) is 16.3 Å². The van der Waals surface area contributed by atoms with Crippen molar-refractivity contribution >= 4 is 33.8 Å². The second-order valence-electron chi connectivity index (χ2n) is 10.7. The van der Waals surface area contributed by atoms with Crippen molar-refractivity contribution in [2.45, 2.75) is 42.1 Å². The predicted octanol–water partition coefficient (Wildman–Crippen LogP) is 7.79. The number of sulfone groups is 1. The van der Waals surface area contributed by atoms with E-state index in [1.54, 1.807) is 54.6 Å². The molecule has 0 N–H and O–H groups in total. The standard InChI is InChI=1S/C33H31ClFNO3S.ClH/c34-27-7-3-24(4-8-27)22-39-29-11-13-30(14-12-29)40(37,38)31-19-26-15-17-36(21-23-1-2-23)18-16-32(26)33(20-31)25-5-9-28(35)10-6-25;/h3-14,19-20,23H,1-2,15-18,21-22H2;1H. The van der Waals surface area contributed by atoms with Gasteiger partial charge in [-0.25, -0.2) is 12.8 Å². The molecule has 4 aromatic carbocycles. The number of halogens is 3. The third kappa shape index (κ3) is 6.95. The lowest BCUT2D eigenvalue weighted by atomic mass is 9.92. The molecule has 4 aromatic rings. The summed E-state index contributed by atoms with van der Waals surface area (Å²) in [6, 6.07) is 23.9. The molecule has 0 spiro atoms. The maximum Gasteiger partial charge on any atom is 0.206 e. The Bertz CT molecular complexity index is 1600. The van der Waals surface area contributed by atoms with Crippen molar-refractivity contribution in [1.29, 1.82) is 0 Å². The van der Waals surface area contributed by atoms with Gasteiger partial charge in [-0.3, -0.25) is 0 Å². The van der Waals surface area contributed by atoms with Gasteiger partial charge in [0.25, 0.3) is 0 Å². The van der Waals surface area contributed by atoms with Crippen molar-refractivity contribution in [3.05, 3.63) is 112 Å². The molecule has 1 saturated carbocycles. The van der Waals surface area contributed by atoms with Gasteiger partial charge in [0.05, 0.1) is 9.79 Å². The van der Waals surface area contributed by atoms with Crippen molar-refractivity contribution in [2.75, 3.05) is 19.6 Å². The fourth-order valence-electron chi connectivity index (χ4n) is 5.37. The van der Waals surface area contributed by atoms with Crippen molar-refractivity contribution in [3.63, 3.8) is 0 Å². The van der Waals surface area contributed by atoms with Crippen molar-refractivity contribution < 1.29 is 17.5 Å². The van der Waals surface area contributed by atoms with Crippen LogP contribution in [0.25, 0.3) is 11.1 Å². The Morgan fingerprint density at radius 3 is 2.22 bits per heavy atom. The molecule has 0 radical (unpaired) electrons. The van der Waals surface area contributed by atoms with Crippen LogP contribution in [0.1, 0.15) is 29.5 Å². The highest BCUT2D eigenvalue weighted by Gasteiger charge is 2.28. The van der Waals surface area contributed by atoms with Gasteiger partial charge in [0.2, 0.25) is 9.84 Å². The summed E-state index contributed by atoms with van der Waals surface area (Å²) in [4.78, 5) is 2.97. The number of fused-ring (bicyclic) bond motifs is 1. The molecule has 1 aliphatic heterocycles. The molecule has 0 amide bonds. The second-order valence-corrected chi connectivity index (χ2v) is 13.1. The SMILES string of the molecule is Cl.O=S(=O)(c1ccc(OCc2ccc(Cl)cc2)cc1)c1cc2c(c(-c3ccc(F)cc3)c1)CCN(CC1CC1)CC2. The Morgan fingerprint density at radius 1 is 0.854 bits per heavy atom. The van der Waals surface area contributed by atoms with Gasteiger partial charge in [-0.15, -0.1) is 12.4 Å². The van der Waals surface area contributed by atoms with Gasteiger partial charge in [0.15, 0.2) is 0 Å². The first kappa shape index (κ1) is 29.6. The Hall–Kier alpha value is -2.90. The lowest BCUT2D eigenvalue weighted by Crippen LogP contribution is -2.28. The van der Waals surface area contributed by atoms with E-state index < -0.39 is 9.84 Å². The number of hydrogen-bond donors (Lipinski definition) is 0. The summed E-state index contributed by atoms with van der Waals surface area (Å²) < 4.78 is 47.3. The number of benzene rings is 4. The maximum absolute atomic E-state index is 13.9. The molecule has 0 unspecified atom stereocenters. The number of ether oxygens (including phenoxy) is 1. The zero-order chi connectivity index (χ0) is 27.7. The summed E-state index contributed by atoms with van der Waals surface area (Å²) in [5.41, 5.74) is 4.88. The summed E-state index contributed by atoms with van der Waals surface area (Å²) in [6.07, 6.45) is 4.24. The van der Waals surface area contributed by atoms with Crippen LogP contribution >= 0.6 is 24.0 Å². The van der Waals surface area contributed by atoms with Crippen LogP contribution in [0, 0.1) is 11.7 Å². The number of hydrogen-bond acceptors (Lipinski definition) is 4. The highest BCUT2D eigenvalue weighted by Crippen LogP contribution is 2.36. The first-order chi connectivity index (χ1) is 19.3. The van der Waals surface area contributed by atoms with Gasteiger partial charge in [0.1, 0.15) is 18.2 Å². The smallest absolute Gasteiger partial charge is 0.206 e. The average molecular weight is 613 g/mol. The van der Waals surface area contributed by atoms with Crippen LogP contribution in [-0.4, -0.2) is 33.0 Å². The summed E-state index contributed by atoms with van der Waals surface area (Å²) >= 11 is 5.95. The van der Waals surface area contributed by atoms with Crippen LogP contribution in [0.3, 0.4) is 0 Å². The quantitative estimate of drug-likeness (QED) is 0.204. The number of nitrogens with zero attached hydrogens (tertiary/aromatic N) is 1. The minimum absolute atomic E-state index is 0. The Kier molecular flexibility index (Phi) is 9.05. The zero-order valence-corrected chi connectivity index (χ0v) is 25.0. The average Bonchev–Trinajstić information content (AvgIpc) is 3.81. The topological polar surface area (TPSA) is 46.6 Å². The lowest BCUT2D eigenvalue weighted by molar-refractivity contribution is 0.276. The second kappa shape index (κ2) is 12.5. The highest BCUT2D eigenvalue weighted by molar-refractivity contribution is 7.91. The van der Waals surface area contributed by atoms with Crippen LogP contribution in [0.5, 0.6) is 5.75 Å². The number of rotatable bonds is 8. The molecule has 8 heteroatoms. The van der Waals surface area contributed by atoms with E-state index in [1.165, 1.54) is 25.0 Å². The molecule has 1 fully saturated rings. The van der Waals surface area contributed by atoms with Crippen molar-refractivity contribution in [3.8, 4) is 16.9 Å². The van der Waals surface area contributed by atoms with Gasteiger partial charge in [-0.2, -0.15) is 0 Å². The Labute approximate surface area is 252 Å². The third-order valence-electron chi connectivity index (χ3n) is 7.82. The van der Waals surface area contributed by atoms with E-state index in [-0.39, 0.29) is 28.0 Å². The highest BCUT2D eigenvalue weighted by atomic mass is 35.5. The van der Waals surface area contributed by atoms with E-state index in [0.29, 0.717) is 17.4 Å². The van der Waals surface area contributed by atoms with E-state index in [0.717, 1.165) is 66.2 Å². The summed E-state index contributed by atoms with van der Waals surface area (Å²) in [7, 11) is -3.79. The first-order valence-corrected chi connectivity index (χ1v) is 15.6. The molecule has 4 nitrogen and oxygen atoms in total. The molecule has 6 rings (SSSR count). The first-order valence-electron chi connectivity index (χ1n) is 13.7. The minimum Gasteiger partial charge on any atom is -0.489 e. The van der Waals surface area contributed by atoms with Crippen molar-refractivity contribution in [2.24, 2.45) is 5.92 Å². The molecule has 214 valence electrons. The van der Waals surface area contributed by atoms with Gasteiger partial charge >= 0.3 is 0 Å². The van der Waals surface area contributed by atoms with E-state index in [2.05, 4.69) is 4.90 Å². The van der Waals surface area contributed by atoms with Crippen molar-refractivity contribution in [1.82, 2.24) is 4.90 Å². The van der Waals surface area contributed by atoms with Crippen LogP contribution in [-0.2, 0) is 29.3 Å². The molecule has 0 atom stereocenters. The third-order valence-corrected chi connectivity index (χ3v) is 9.82. The fraction of sp³-hybridized carbons (Fsp3) is 0.273. The zero-order valence-electron chi connectivity index (χ0n) is 22.6. The normalized spacial score (nSPS) is 15.5. The molecule has 41 heavy (non-hydrogen) atoms. The van der Waals surface area contributed by atoms with E-state index in [1.807, 2.05) is 18.2 Å². The maximum atomic E-state index is 13.9. The van der Waals surface area contributed by atoms with Crippen LogP contribution in [0.4, 0.5) is 4.39 Å². The summed E-state index contributed by atoms with van der Waals surface area (Å²) in [6.45, 7) is 3.32. The molecule has 1 heterocycles. The van der Waals surface area contributed by atoms with E-state index in [9.17, 15) is 12.8 Å². The Balaban J connectivity index is 0.00000337. The van der Waals surface area contributed by atoms with Crippen LogP contribution < -0.4 is 4.74 Å². The molecular weight excluding hydrogens is 580 g/mol. The summed E-state index contributed by atoms with van der Waals surface area (Å²) in [5, 5.41) is 0.661. The lowest BCUT2D eigenvalue weighted by Gasteiger charge is -2.19. The molecule has 0 aromatic heterocycles. The predicted molar refractivity (Wildman–Crippen MR) is 163 cm³/mol. The summed E-state index contributed by atoms with van der Waals surface area (Å²) in [5.74, 6) is 1.07. The van der Waals surface area contributed by atoms with Crippen LogP contribution in [0.15, 0.2) is 94.7 Å². The molecule has 0 bridgehead atoms. The Morgan fingerprint density at radius 2 is 1.54 bits per heavy atom. The fourth-order valence-corrected chi connectivity index (χ4v) is 6.83. The van der Waals surface area contributed by atoms with Gasteiger partial charge < -0.3 is 9.64 Å². The molecular formula is C33H32Cl2FNO3S. The monoisotopic (exact) mass is 611 g/mol. The van der Waals surface area contributed by atoms with Gasteiger partial charge in [-0.1, -0.05) is 35.9 Å². The molecule has 0 saturated heterocycles. The van der Waals surface area contributed by atoms with Gasteiger partial charge in [0, 0.05) is 24.7 Å². The van der Waals surface area contributed by atoms with Gasteiger partial charge in [-0.05, 0) is 120 Å². The minimum atomic E-state index is -3.79. The molecule has 2 aliphatic rings. The molecule has 1 aliphatic carbocycles.